The molecule has 0 aliphatic carbocycles. The van der Waals surface area contributed by atoms with Gasteiger partial charge in [-0.25, -0.2) is 0 Å². The molecule has 17 heavy (non-hydrogen) atoms. The summed E-state index contributed by atoms with van der Waals surface area (Å²) in [6, 6.07) is 0. The fourth-order valence-corrected chi connectivity index (χ4v) is 2.11. The highest BCUT2D eigenvalue weighted by atomic mass is 16.5. The molecular weight excluding hydrogens is 212 g/mol. The minimum Gasteiger partial charge on any atom is -0.390 e. The fourth-order valence-electron chi connectivity index (χ4n) is 2.11. The van der Waals surface area contributed by atoms with Crippen molar-refractivity contribution in [3.8, 4) is 0 Å². The molecule has 0 aromatic carbocycles. The minimum absolute atomic E-state index is 0.00282. The summed E-state index contributed by atoms with van der Waals surface area (Å²) in [6.45, 7) is 15.7. The first-order valence-corrected chi connectivity index (χ1v) is 6.87. The molecule has 0 saturated heterocycles. The molecule has 0 rings (SSSR count). The van der Waals surface area contributed by atoms with Crippen LogP contribution in [0, 0.1) is 10.8 Å². The van der Waals surface area contributed by atoms with Crippen LogP contribution in [0.25, 0.3) is 0 Å². The third-order valence-electron chi connectivity index (χ3n) is 2.98. The number of hydrogen-bond acceptors (Lipinski definition) is 2. The first-order valence-electron chi connectivity index (χ1n) is 6.87. The van der Waals surface area contributed by atoms with Crippen LogP contribution in [-0.4, -0.2) is 23.9 Å². The van der Waals surface area contributed by atoms with Crippen LogP contribution in [0.15, 0.2) is 0 Å². The van der Waals surface area contributed by atoms with E-state index in [1.807, 2.05) is 6.92 Å². The first kappa shape index (κ1) is 16.9. The van der Waals surface area contributed by atoms with Gasteiger partial charge in [0.25, 0.3) is 0 Å². The second-order valence-electron chi connectivity index (χ2n) is 7.26. The van der Waals surface area contributed by atoms with Gasteiger partial charge in [0, 0.05) is 6.61 Å². The molecule has 2 nitrogen and oxygen atoms in total. The molecule has 0 aromatic rings. The average molecular weight is 244 g/mol. The maximum absolute atomic E-state index is 10.2. The Kier molecular flexibility index (Phi) is 6.71. The van der Waals surface area contributed by atoms with Gasteiger partial charge < -0.3 is 9.84 Å². The molecule has 0 heterocycles. The number of aliphatic hydroxyl groups excluding tert-OH is 1. The number of aliphatic hydroxyl groups is 1. The lowest BCUT2D eigenvalue weighted by molar-refractivity contribution is -0.0912. The highest BCUT2D eigenvalue weighted by molar-refractivity contribution is 4.81. The molecule has 0 fully saturated rings. The van der Waals surface area contributed by atoms with Crippen molar-refractivity contribution in [3.05, 3.63) is 0 Å². The van der Waals surface area contributed by atoms with Crippen molar-refractivity contribution in [2.75, 3.05) is 6.61 Å². The van der Waals surface area contributed by atoms with E-state index in [1.54, 1.807) is 0 Å². The van der Waals surface area contributed by atoms with E-state index < -0.39 is 0 Å². The number of rotatable bonds is 6. The van der Waals surface area contributed by atoms with E-state index in [4.69, 9.17) is 4.74 Å². The fraction of sp³-hybridized carbons (Fsp3) is 1.00. The maximum atomic E-state index is 10.2. The first-order chi connectivity index (χ1) is 7.58. The minimum atomic E-state index is -0.350. The smallest absolute Gasteiger partial charge is 0.0881 e. The Morgan fingerprint density at radius 2 is 1.59 bits per heavy atom. The zero-order valence-corrected chi connectivity index (χ0v) is 12.8. The van der Waals surface area contributed by atoms with Gasteiger partial charge in [0.2, 0.25) is 0 Å². The van der Waals surface area contributed by atoms with Crippen molar-refractivity contribution in [1.29, 1.82) is 0 Å². The summed E-state index contributed by atoms with van der Waals surface area (Å²) < 4.78 is 5.70. The van der Waals surface area contributed by atoms with Gasteiger partial charge in [0.05, 0.1) is 12.2 Å². The Labute approximate surface area is 108 Å². The molecule has 2 heteroatoms. The Bertz CT molecular complexity index is 198. The molecule has 104 valence electrons. The summed E-state index contributed by atoms with van der Waals surface area (Å²) in [4.78, 5) is 0. The van der Waals surface area contributed by atoms with Crippen LogP contribution in [0.1, 0.15) is 67.7 Å². The summed E-state index contributed by atoms with van der Waals surface area (Å²) in [5.41, 5.74) is 0.347. The predicted molar refractivity (Wildman–Crippen MR) is 74.2 cm³/mol. The lowest BCUT2D eigenvalue weighted by atomic mass is 9.82. The van der Waals surface area contributed by atoms with Crippen molar-refractivity contribution in [2.24, 2.45) is 10.8 Å². The topological polar surface area (TPSA) is 29.5 Å². The number of hydrogen-bond donors (Lipinski definition) is 1. The van der Waals surface area contributed by atoms with Crippen molar-refractivity contribution >= 4 is 0 Å². The second-order valence-corrected chi connectivity index (χ2v) is 7.26. The van der Waals surface area contributed by atoms with E-state index in [2.05, 4.69) is 41.5 Å². The lowest BCUT2D eigenvalue weighted by Crippen LogP contribution is -2.40. The third-order valence-corrected chi connectivity index (χ3v) is 2.98. The van der Waals surface area contributed by atoms with Crippen LogP contribution in [0.5, 0.6) is 0 Å². The van der Waals surface area contributed by atoms with Crippen LogP contribution in [0.2, 0.25) is 0 Å². The van der Waals surface area contributed by atoms with Crippen LogP contribution in [0.3, 0.4) is 0 Å². The van der Waals surface area contributed by atoms with Crippen molar-refractivity contribution in [1.82, 2.24) is 0 Å². The molecule has 1 N–H and O–H groups in total. The molecular formula is C15H32O2. The van der Waals surface area contributed by atoms with E-state index in [1.165, 1.54) is 0 Å². The monoisotopic (exact) mass is 244 g/mol. The summed E-state index contributed by atoms with van der Waals surface area (Å²) >= 11 is 0. The van der Waals surface area contributed by atoms with Crippen molar-refractivity contribution in [2.45, 2.75) is 79.9 Å². The van der Waals surface area contributed by atoms with Crippen molar-refractivity contribution < 1.29 is 9.84 Å². The van der Waals surface area contributed by atoms with Gasteiger partial charge in [-0.05, 0) is 30.6 Å². The molecule has 0 aliphatic heterocycles. The Morgan fingerprint density at radius 1 is 1.06 bits per heavy atom. The second kappa shape index (κ2) is 6.75. The van der Waals surface area contributed by atoms with Gasteiger partial charge in [-0.3, -0.25) is 0 Å². The van der Waals surface area contributed by atoms with E-state index in [-0.39, 0.29) is 17.6 Å². The Hall–Kier alpha value is -0.0800. The van der Waals surface area contributed by atoms with Gasteiger partial charge in [-0.2, -0.15) is 0 Å². The molecule has 0 aliphatic rings. The maximum Gasteiger partial charge on any atom is 0.0881 e. The summed E-state index contributed by atoms with van der Waals surface area (Å²) in [6.07, 6.45) is 2.63. The lowest BCUT2D eigenvalue weighted by Gasteiger charge is -2.34. The van der Waals surface area contributed by atoms with E-state index in [9.17, 15) is 5.11 Å². The van der Waals surface area contributed by atoms with E-state index in [0.717, 1.165) is 19.3 Å². The molecule has 2 unspecified atom stereocenters. The van der Waals surface area contributed by atoms with Gasteiger partial charge in [-0.15, -0.1) is 0 Å². The molecule has 0 amide bonds. The number of ether oxygens (including phenoxy) is 1. The standard InChI is InChI=1S/C15H32O2/c1-8-17-13(15(5,6)7)12(16)10-9-11-14(2,3)4/h12-13,16H,8-11H2,1-7H3. The Morgan fingerprint density at radius 3 is 1.94 bits per heavy atom. The van der Waals surface area contributed by atoms with Gasteiger partial charge in [-0.1, -0.05) is 48.0 Å². The molecule has 0 saturated carbocycles. The zero-order chi connectivity index (χ0) is 13.7. The third kappa shape index (κ3) is 7.77. The normalized spacial score (nSPS) is 16.9. The van der Waals surface area contributed by atoms with E-state index >= 15 is 0 Å². The average Bonchev–Trinajstić information content (AvgIpc) is 2.09. The van der Waals surface area contributed by atoms with Crippen LogP contribution < -0.4 is 0 Å². The summed E-state index contributed by atoms with van der Waals surface area (Å²) in [7, 11) is 0. The molecule has 0 spiro atoms. The highest BCUT2D eigenvalue weighted by Gasteiger charge is 2.31. The van der Waals surface area contributed by atoms with Gasteiger partial charge in [0.15, 0.2) is 0 Å². The summed E-state index contributed by atoms with van der Waals surface area (Å²) in [5.74, 6) is 0. The zero-order valence-electron chi connectivity index (χ0n) is 12.8. The Balaban J connectivity index is 4.20. The quantitative estimate of drug-likeness (QED) is 0.765. The largest absolute Gasteiger partial charge is 0.390 e. The van der Waals surface area contributed by atoms with Crippen molar-refractivity contribution in [3.63, 3.8) is 0 Å². The predicted octanol–water partition coefficient (Wildman–Crippen LogP) is 4.01. The van der Waals surface area contributed by atoms with Crippen LogP contribution in [0.4, 0.5) is 0 Å². The van der Waals surface area contributed by atoms with Crippen LogP contribution in [-0.2, 0) is 4.74 Å². The molecule has 0 aromatic heterocycles. The molecule has 2 atom stereocenters. The SMILES string of the molecule is CCOC(C(O)CCCC(C)(C)C)C(C)(C)C. The molecule has 0 radical (unpaired) electrons. The van der Waals surface area contributed by atoms with Crippen LogP contribution >= 0.6 is 0 Å². The van der Waals surface area contributed by atoms with Gasteiger partial charge >= 0.3 is 0 Å². The highest BCUT2D eigenvalue weighted by Crippen LogP contribution is 2.29. The van der Waals surface area contributed by atoms with Gasteiger partial charge in [0.1, 0.15) is 0 Å². The summed E-state index contributed by atoms with van der Waals surface area (Å²) in [5, 5.41) is 10.2. The van der Waals surface area contributed by atoms with E-state index in [0.29, 0.717) is 12.0 Å². The molecule has 0 bridgehead atoms.